The van der Waals surface area contributed by atoms with Gasteiger partial charge in [-0.2, -0.15) is 35.3 Å². The summed E-state index contributed by atoms with van der Waals surface area (Å²) in [7, 11) is 0. The highest BCUT2D eigenvalue weighted by Crippen LogP contribution is 2.14. The normalized spacial score (nSPS) is 13.5. The van der Waals surface area contributed by atoms with Crippen molar-refractivity contribution in [2.75, 3.05) is 113 Å². The monoisotopic (exact) mass is 988 g/mol. The summed E-state index contributed by atoms with van der Waals surface area (Å²) in [6.07, 6.45) is 34.3. The van der Waals surface area contributed by atoms with Gasteiger partial charge in [0.15, 0.2) is 0 Å². The van der Waals surface area contributed by atoms with Crippen LogP contribution in [0.15, 0.2) is 0 Å². The second kappa shape index (κ2) is 50.7. The zero-order valence-corrected chi connectivity index (χ0v) is 45.9. The highest BCUT2D eigenvalue weighted by atomic mass is 32.2. The average Bonchev–Trinajstić information content (AvgIpc) is 3.32. The number of carbonyl (C=O) groups is 3. The first kappa shape index (κ1) is 63.4. The van der Waals surface area contributed by atoms with Crippen LogP contribution < -0.4 is 0 Å². The largest absolute Gasteiger partial charge is 0.465 e. The van der Waals surface area contributed by atoms with Crippen LogP contribution in [-0.4, -0.2) is 146 Å². The van der Waals surface area contributed by atoms with E-state index in [2.05, 4.69) is 35.5 Å². The summed E-state index contributed by atoms with van der Waals surface area (Å²) in [5.74, 6) is 6.22. The highest BCUT2D eigenvalue weighted by molar-refractivity contribution is 7.99. The lowest BCUT2D eigenvalue weighted by molar-refractivity contribution is -0.144. The Balaban J connectivity index is 2.25. The van der Waals surface area contributed by atoms with Crippen molar-refractivity contribution >= 4 is 53.2 Å². The van der Waals surface area contributed by atoms with E-state index in [1.165, 1.54) is 172 Å². The van der Waals surface area contributed by atoms with Crippen molar-refractivity contribution in [1.82, 2.24) is 14.7 Å². The molecule has 1 saturated heterocycles. The molecule has 0 bridgehead atoms. The van der Waals surface area contributed by atoms with E-state index in [0.717, 1.165) is 95.1 Å². The van der Waals surface area contributed by atoms with Gasteiger partial charge in [0.1, 0.15) is 19.8 Å². The molecule has 1 aliphatic heterocycles. The van der Waals surface area contributed by atoms with Gasteiger partial charge in [0.2, 0.25) is 0 Å². The number of rotatable bonds is 51. The van der Waals surface area contributed by atoms with E-state index in [9.17, 15) is 14.4 Å². The molecule has 0 radical (unpaired) electrons. The lowest BCUT2D eigenvalue weighted by Gasteiger charge is -2.36. The summed E-state index contributed by atoms with van der Waals surface area (Å²) in [6.45, 7) is 18.8. The van der Waals surface area contributed by atoms with Crippen LogP contribution in [0.3, 0.4) is 0 Å². The molecule has 0 spiro atoms. The first-order valence-electron chi connectivity index (χ1n) is 27.9. The second-order valence-electron chi connectivity index (χ2n) is 18.8. The second-order valence-corrected chi connectivity index (χ2v) is 22.4. The molecule has 0 N–H and O–H groups in total. The molecule has 0 aromatic rings. The number of hydrogen-bond acceptors (Lipinski definition) is 12. The van der Waals surface area contributed by atoms with Crippen molar-refractivity contribution in [1.29, 1.82) is 0 Å². The first-order valence-corrected chi connectivity index (χ1v) is 31.3. The van der Waals surface area contributed by atoms with Gasteiger partial charge in [0, 0.05) is 75.8 Å². The summed E-state index contributed by atoms with van der Waals surface area (Å²) in [6, 6.07) is 0. The molecule has 390 valence electrons. The fourth-order valence-electron chi connectivity index (χ4n) is 8.32. The predicted octanol–water partition coefficient (Wildman–Crippen LogP) is 13.5. The van der Waals surface area contributed by atoms with Crippen LogP contribution in [0.1, 0.15) is 213 Å². The molecule has 0 aliphatic carbocycles. The molecule has 0 unspecified atom stereocenters. The average molecular weight is 989 g/mol. The minimum absolute atomic E-state index is 0.0196. The van der Waals surface area contributed by atoms with Crippen LogP contribution in [0, 0.1) is 0 Å². The number of piperazine rings is 1. The Hall–Kier alpha value is -0.660. The molecule has 9 nitrogen and oxygen atoms in total. The lowest BCUT2D eigenvalue weighted by Crippen LogP contribution is -2.48. The van der Waals surface area contributed by atoms with E-state index in [-0.39, 0.29) is 17.9 Å². The van der Waals surface area contributed by atoms with E-state index < -0.39 is 0 Å². The third kappa shape index (κ3) is 44.5. The van der Waals surface area contributed by atoms with Crippen LogP contribution >= 0.6 is 35.3 Å². The van der Waals surface area contributed by atoms with Crippen LogP contribution in [0.5, 0.6) is 0 Å². The van der Waals surface area contributed by atoms with Crippen molar-refractivity contribution in [2.45, 2.75) is 213 Å². The van der Waals surface area contributed by atoms with Crippen molar-refractivity contribution < 1.29 is 28.6 Å². The first-order chi connectivity index (χ1) is 32.5. The lowest BCUT2D eigenvalue weighted by atomic mass is 10.1. The van der Waals surface area contributed by atoms with Crippen LogP contribution in [0.2, 0.25) is 0 Å². The minimum Gasteiger partial charge on any atom is -0.465 e. The smallest absolute Gasteiger partial charge is 0.305 e. The van der Waals surface area contributed by atoms with E-state index in [4.69, 9.17) is 14.2 Å². The Morgan fingerprint density at radius 2 is 0.682 bits per heavy atom. The van der Waals surface area contributed by atoms with E-state index in [0.29, 0.717) is 39.1 Å². The number of hydrogen-bond donors (Lipinski definition) is 0. The molecular formula is C54H105N3O6S3. The van der Waals surface area contributed by atoms with Crippen molar-refractivity contribution in [3.8, 4) is 0 Å². The van der Waals surface area contributed by atoms with Crippen LogP contribution in [-0.2, 0) is 28.6 Å². The van der Waals surface area contributed by atoms with Crippen molar-refractivity contribution in [2.24, 2.45) is 0 Å². The molecule has 1 aliphatic rings. The van der Waals surface area contributed by atoms with Gasteiger partial charge in [-0.05, 0) is 94.7 Å². The van der Waals surface area contributed by atoms with Gasteiger partial charge < -0.3 is 24.0 Å². The van der Waals surface area contributed by atoms with E-state index in [1.54, 1.807) is 0 Å². The Morgan fingerprint density at radius 1 is 0.364 bits per heavy atom. The minimum atomic E-state index is -0.0258. The fourth-order valence-corrected chi connectivity index (χ4v) is 10.8. The zero-order valence-electron chi connectivity index (χ0n) is 43.5. The van der Waals surface area contributed by atoms with Gasteiger partial charge >= 0.3 is 17.9 Å². The van der Waals surface area contributed by atoms with E-state index in [1.807, 2.05) is 35.3 Å². The molecular weight excluding hydrogens is 883 g/mol. The summed E-state index contributed by atoms with van der Waals surface area (Å²) >= 11 is 5.73. The molecule has 1 fully saturated rings. The highest BCUT2D eigenvalue weighted by Gasteiger charge is 2.17. The molecule has 12 heteroatoms. The van der Waals surface area contributed by atoms with Gasteiger partial charge in [0.25, 0.3) is 0 Å². The van der Waals surface area contributed by atoms with Crippen LogP contribution in [0.25, 0.3) is 0 Å². The molecule has 0 amide bonds. The maximum Gasteiger partial charge on any atom is 0.305 e. The van der Waals surface area contributed by atoms with Crippen LogP contribution in [0.4, 0.5) is 0 Å². The molecule has 66 heavy (non-hydrogen) atoms. The Kier molecular flexibility index (Phi) is 48.7. The Labute approximate surface area is 421 Å². The number of unbranched alkanes of at least 4 members (excludes halogenated alkanes) is 21. The number of thioether (sulfide) groups is 3. The maximum atomic E-state index is 12.2. The molecule has 0 atom stereocenters. The topological polar surface area (TPSA) is 88.6 Å². The summed E-state index contributed by atoms with van der Waals surface area (Å²) in [5, 5.41) is 0. The van der Waals surface area contributed by atoms with Crippen molar-refractivity contribution in [3.05, 3.63) is 0 Å². The summed E-state index contributed by atoms with van der Waals surface area (Å²) in [4.78, 5) is 44.5. The Bertz CT molecular complexity index is 1020. The quantitative estimate of drug-likeness (QED) is 0.0330. The molecule has 0 aromatic heterocycles. The number of nitrogens with zero attached hydrogens (tertiary/aromatic N) is 3. The summed E-state index contributed by atoms with van der Waals surface area (Å²) < 4.78 is 16.4. The molecule has 0 aromatic carbocycles. The fraction of sp³-hybridized carbons (Fsp3) is 0.944. The molecule has 0 saturated carbocycles. The van der Waals surface area contributed by atoms with Gasteiger partial charge in [-0.3, -0.25) is 19.3 Å². The van der Waals surface area contributed by atoms with Gasteiger partial charge in [0.05, 0.1) is 0 Å². The molecule has 1 heterocycles. The Morgan fingerprint density at radius 3 is 1.06 bits per heavy atom. The molecule has 1 rings (SSSR count). The maximum absolute atomic E-state index is 12.2. The third-order valence-corrected chi connectivity index (χ3v) is 15.8. The van der Waals surface area contributed by atoms with Gasteiger partial charge in [-0.25, -0.2) is 0 Å². The van der Waals surface area contributed by atoms with Crippen molar-refractivity contribution in [3.63, 3.8) is 0 Å². The number of carbonyl (C=O) groups excluding carboxylic acids is 3. The van der Waals surface area contributed by atoms with Gasteiger partial charge in [-0.1, -0.05) is 136 Å². The SMILES string of the molecule is CCCCCCSCCOC(=O)CCCCCCCN(CCCCCCCC(=O)OCCSCCCCCC)CCN1CCN(CCCCCCCC(=O)OCCSCCCCCC)CC1. The number of ether oxygens (including phenoxy) is 3. The van der Waals surface area contributed by atoms with E-state index >= 15 is 0 Å². The zero-order chi connectivity index (χ0) is 47.6. The van der Waals surface area contributed by atoms with Gasteiger partial charge in [-0.15, -0.1) is 0 Å². The number of esters is 3. The third-order valence-electron chi connectivity index (χ3n) is 12.7. The predicted molar refractivity (Wildman–Crippen MR) is 290 cm³/mol. The standard InChI is InChI=1S/C54H105N3O6S3/c1-4-7-10-28-46-64-49-43-61-52(58)31-22-16-13-19-25-34-55(35-26-20-14-17-23-32-53(59)62-44-50-65-47-29-11-8-5-2)37-40-57-41-38-56(39-42-57)36-27-21-15-18-24-33-54(60)63-45-51-66-48-30-12-9-6-3/h4-51H2,1-3H3. The summed E-state index contributed by atoms with van der Waals surface area (Å²) in [5.41, 5.74) is 0.